The summed E-state index contributed by atoms with van der Waals surface area (Å²) in [6.07, 6.45) is -0.523. The number of rotatable bonds is 4. The first kappa shape index (κ1) is 19.5. The molecule has 0 aromatic carbocycles. The number of hydrogen-bond acceptors (Lipinski definition) is 7. The minimum Gasteiger partial charge on any atom is -0.391 e. The minimum absolute atomic E-state index is 0.240. The molecule has 0 unspecified atom stereocenters. The van der Waals surface area contributed by atoms with Crippen molar-refractivity contribution in [3.05, 3.63) is 0 Å². The maximum absolute atomic E-state index is 12.6. The third-order valence-electron chi connectivity index (χ3n) is 4.91. The summed E-state index contributed by atoms with van der Waals surface area (Å²) >= 11 is 1.71. The van der Waals surface area contributed by atoms with Crippen LogP contribution in [0.1, 0.15) is 26.7 Å². The van der Waals surface area contributed by atoms with Gasteiger partial charge in [0.2, 0.25) is 11.8 Å². The van der Waals surface area contributed by atoms with Gasteiger partial charge in [-0.3, -0.25) is 9.59 Å². The maximum atomic E-state index is 12.6. The Labute approximate surface area is 146 Å². The summed E-state index contributed by atoms with van der Waals surface area (Å²) in [5, 5.41) is 19.1. The molecule has 6 N–H and O–H groups in total. The smallest absolute Gasteiger partial charge is 0.243 e. The fourth-order valence-corrected chi connectivity index (χ4v) is 4.68. The van der Waals surface area contributed by atoms with Crippen molar-refractivity contribution in [1.29, 1.82) is 0 Å². The van der Waals surface area contributed by atoms with Gasteiger partial charge in [0.05, 0.1) is 17.1 Å². The standard InChI is InChI=1S/C15H28N4O4S/c1-9(20)11(16)13(22)18-5-3-15(4-6-18)19(7-8-24-15)14(23)12(17)10(2)21/h9-12,20-21H,3-8,16-17H2,1-2H3/t9-,10-,11+,12+/m1/s1. The Morgan fingerprint density at radius 2 is 1.50 bits per heavy atom. The van der Waals surface area contributed by atoms with Crippen LogP contribution in [0.4, 0.5) is 0 Å². The van der Waals surface area contributed by atoms with Crippen LogP contribution in [0.3, 0.4) is 0 Å². The SMILES string of the molecule is C[C@@H](O)[C@H](N)C(=O)N1CCC2(CC1)SCCN2C(=O)[C@@H](N)[C@@H](C)O. The molecule has 24 heavy (non-hydrogen) atoms. The first-order valence-corrected chi connectivity index (χ1v) is 9.30. The Morgan fingerprint density at radius 1 is 1.00 bits per heavy atom. The third kappa shape index (κ3) is 3.70. The number of aliphatic hydroxyl groups is 2. The van der Waals surface area contributed by atoms with E-state index in [0.29, 0.717) is 32.5 Å². The van der Waals surface area contributed by atoms with Crippen molar-refractivity contribution >= 4 is 23.6 Å². The molecule has 2 rings (SSSR count). The Balaban J connectivity index is 2.03. The molecule has 2 aliphatic heterocycles. The number of piperidine rings is 1. The van der Waals surface area contributed by atoms with Crippen LogP contribution in [0.5, 0.6) is 0 Å². The quantitative estimate of drug-likeness (QED) is 0.469. The molecule has 2 fully saturated rings. The molecule has 138 valence electrons. The first-order valence-electron chi connectivity index (χ1n) is 8.31. The number of thioether (sulfide) groups is 1. The number of carbonyl (C=O) groups is 2. The van der Waals surface area contributed by atoms with Gasteiger partial charge < -0.3 is 31.5 Å². The van der Waals surface area contributed by atoms with Crippen LogP contribution >= 0.6 is 11.8 Å². The number of aliphatic hydroxyl groups excluding tert-OH is 2. The highest BCUT2D eigenvalue weighted by Crippen LogP contribution is 2.44. The van der Waals surface area contributed by atoms with Crippen LogP contribution in [-0.2, 0) is 9.59 Å². The molecule has 2 saturated heterocycles. The van der Waals surface area contributed by atoms with Gasteiger partial charge >= 0.3 is 0 Å². The summed E-state index contributed by atoms with van der Waals surface area (Å²) in [6.45, 7) is 4.58. The molecule has 0 aromatic heterocycles. The summed E-state index contributed by atoms with van der Waals surface area (Å²) < 4.78 is 0. The fraction of sp³-hybridized carbons (Fsp3) is 0.867. The zero-order valence-corrected chi connectivity index (χ0v) is 15.0. The monoisotopic (exact) mass is 360 g/mol. The molecule has 0 aliphatic carbocycles. The number of carbonyl (C=O) groups excluding carboxylic acids is 2. The van der Waals surface area contributed by atoms with E-state index in [9.17, 15) is 19.8 Å². The van der Waals surface area contributed by atoms with Crippen molar-refractivity contribution in [2.45, 2.75) is 55.9 Å². The third-order valence-corrected chi connectivity index (χ3v) is 6.46. The van der Waals surface area contributed by atoms with E-state index in [1.807, 2.05) is 0 Å². The van der Waals surface area contributed by atoms with E-state index in [1.54, 1.807) is 21.6 Å². The van der Waals surface area contributed by atoms with Crippen LogP contribution < -0.4 is 11.5 Å². The fourth-order valence-electron chi connectivity index (χ4n) is 3.21. The molecule has 8 nitrogen and oxygen atoms in total. The lowest BCUT2D eigenvalue weighted by Crippen LogP contribution is -2.60. The molecule has 0 radical (unpaired) electrons. The van der Waals surface area contributed by atoms with E-state index in [0.717, 1.165) is 5.75 Å². The Kier molecular flexibility index (Phi) is 6.14. The highest BCUT2D eigenvalue weighted by atomic mass is 32.2. The van der Waals surface area contributed by atoms with Crippen molar-refractivity contribution in [2.24, 2.45) is 11.5 Å². The van der Waals surface area contributed by atoms with Gasteiger partial charge in [-0.1, -0.05) is 0 Å². The van der Waals surface area contributed by atoms with E-state index >= 15 is 0 Å². The van der Waals surface area contributed by atoms with Crippen LogP contribution in [0.2, 0.25) is 0 Å². The van der Waals surface area contributed by atoms with E-state index in [2.05, 4.69) is 0 Å². The lowest BCUT2D eigenvalue weighted by Gasteiger charge is -2.45. The Bertz CT molecular complexity index is 480. The van der Waals surface area contributed by atoms with Gasteiger partial charge in [-0.25, -0.2) is 0 Å². The number of amides is 2. The molecule has 9 heteroatoms. The van der Waals surface area contributed by atoms with Crippen LogP contribution in [0, 0.1) is 0 Å². The summed E-state index contributed by atoms with van der Waals surface area (Å²) in [4.78, 5) is 27.9. The normalized spacial score (nSPS) is 25.4. The molecular weight excluding hydrogens is 332 g/mol. The lowest BCUT2D eigenvalue weighted by molar-refractivity contribution is -0.141. The van der Waals surface area contributed by atoms with Gasteiger partial charge in [-0.15, -0.1) is 11.8 Å². The van der Waals surface area contributed by atoms with Crippen molar-refractivity contribution in [1.82, 2.24) is 9.80 Å². The topological polar surface area (TPSA) is 133 Å². The average Bonchev–Trinajstić information content (AvgIpc) is 2.95. The van der Waals surface area contributed by atoms with Crippen molar-refractivity contribution in [3.8, 4) is 0 Å². The van der Waals surface area contributed by atoms with Gasteiger partial charge in [0.1, 0.15) is 12.1 Å². The van der Waals surface area contributed by atoms with Gasteiger partial charge in [0, 0.05) is 25.4 Å². The number of hydrogen-bond donors (Lipinski definition) is 4. The summed E-state index contributed by atoms with van der Waals surface area (Å²) in [7, 11) is 0. The summed E-state index contributed by atoms with van der Waals surface area (Å²) in [5.41, 5.74) is 11.5. The van der Waals surface area contributed by atoms with Gasteiger partial charge in [0.15, 0.2) is 0 Å². The predicted octanol–water partition coefficient (Wildman–Crippen LogP) is -1.70. The zero-order valence-electron chi connectivity index (χ0n) is 14.2. The first-order chi connectivity index (χ1) is 11.2. The van der Waals surface area contributed by atoms with Gasteiger partial charge in [0.25, 0.3) is 0 Å². The molecule has 0 bridgehead atoms. The number of nitrogens with zero attached hydrogens (tertiary/aromatic N) is 2. The van der Waals surface area contributed by atoms with Crippen LogP contribution in [0.25, 0.3) is 0 Å². The molecule has 0 aromatic rings. The van der Waals surface area contributed by atoms with Gasteiger partial charge in [-0.05, 0) is 26.7 Å². The molecule has 2 aliphatic rings. The van der Waals surface area contributed by atoms with E-state index in [4.69, 9.17) is 11.5 Å². The van der Waals surface area contributed by atoms with Crippen molar-refractivity contribution in [3.63, 3.8) is 0 Å². The van der Waals surface area contributed by atoms with E-state index in [-0.39, 0.29) is 16.7 Å². The maximum Gasteiger partial charge on any atom is 0.243 e. The van der Waals surface area contributed by atoms with E-state index < -0.39 is 24.3 Å². The molecule has 2 heterocycles. The van der Waals surface area contributed by atoms with Crippen LogP contribution in [-0.4, -0.2) is 86.4 Å². The average molecular weight is 360 g/mol. The minimum atomic E-state index is -0.927. The second kappa shape index (κ2) is 7.57. The lowest BCUT2D eigenvalue weighted by atomic mass is 9.99. The highest BCUT2D eigenvalue weighted by Gasteiger charge is 2.48. The Morgan fingerprint density at radius 3 is 2.00 bits per heavy atom. The summed E-state index contributed by atoms with van der Waals surface area (Å²) in [6, 6.07) is -1.85. The zero-order chi connectivity index (χ0) is 18.1. The summed E-state index contributed by atoms with van der Waals surface area (Å²) in [5.74, 6) is 0.316. The second-order valence-electron chi connectivity index (χ2n) is 6.64. The molecule has 4 atom stereocenters. The van der Waals surface area contributed by atoms with Crippen molar-refractivity contribution < 1.29 is 19.8 Å². The molecule has 0 saturated carbocycles. The van der Waals surface area contributed by atoms with Gasteiger partial charge in [-0.2, -0.15) is 0 Å². The molecular formula is C15H28N4O4S. The Hall–Kier alpha value is -0.870. The second-order valence-corrected chi connectivity index (χ2v) is 8.10. The van der Waals surface area contributed by atoms with Crippen molar-refractivity contribution in [2.75, 3.05) is 25.4 Å². The number of likely N-dealkylation sites (tertiary alicyclic amines) is 1. The predicted molar refractivity (Wildman–Crippen MR) is 92.0 cm³/mol. The van der Waals surface area contributed by atoms with E-state index in [1.165, 1.54) is 13.8 Å². The molecule has 2 amide bonds. The van der Waals surface area contributed by atoms with Crippen LogP contribution in [0.15, 0.2) is 0 Å². The largest absolute Gasteiger partial charge is 0.391 e. The highest BCUT2D eigenvalue weighted by molar-refractivity contribution is 8.00. The number of nitrogens with two attached hydrogens (primary N) is 2. The molecule has 1 spiro atoms.